The Morgan fingerprint density at radius 2 is 1.91 bits per heavy atom. The van der Waals surface area contributed by atoms with E-state index in [4.69, 9.17) is 11.6 Å². The van der Waals surface area contributed by atoms with E-state index in [0.717, 1.165) is 5.56 Å². The first kappa shape index (κ1) is 26.0. The number of carbonyl (C=O) groups is 2. The smallest absolute Gasteiger partial charge is 0.318 e. The number of thioether (sulfide) groups is 1. The lowest BCUT2D eigenvalue weighted by molar-refractivity contribution is -0.118. The molecule has 3 amide bonds. The largest absolute Gasteiger partial charge is 0.353 e. The summed E-state index contributed by atoms with van der Waals surface area (Å²) >= 11 is 7.42. The lowest BCUT2D eigenvalue weighted by Gasteiger charge is -2.41. The second kappa shape index (κ2) is 11.2. The molecule has 0 radical (unpaired) electrons. The summed E-state index contributed by atoms with van der Waals surface area (Å²) in [7, 11) is 0. The van der Waals surface area contributed by atoms with Crippen LogP contribution in [0.4, 0.5) is 15.0 Å². The second-order valence-corrected chi connectivity index (χ2v) is 10.5. The summed E-state index contributed by atoms with van der Waals surface area (Å²) in [5.74, 6) is 0.282. The van der Waals surface area contributed by atoms with E-state index in [-0.39, 0.29) is 35.1 Å². The number of rotatable bonds is 6. The van der Waals surface area contributed by atoms with Gasteiger partial charge in [-0.25, -0.2) is 19.2 Å². The van der Waals surface area contributed by atoms with E-state index >= 15 is 0 Å². The van der Waals surface area contributed by atoms with Crippen molar-refractivity contribution in [1.29, 1.82) is 0 Å². The number of benzene rings is 1. The van der Waals surface area contributed by atoms with Crippen molar-refractivity contribution in [3.05, 3.63) is 46.9 Å². The van der Waals surface area contributed by atoms with Gasteiger partial charge in [0.2, 0.25) is 5.91 Å². The third-order valence-corrected chi connectivity index (χ3v) is 6.13. The van der Waals surface area contributed by atoms with Crippen molar-refractivity contribution >= 4 is 41.1 Å². The second-order valence-electron chi connectivity index (χ2n) is 9.19. The third kappa shape index (κ3) is 7.73. The van der Waals surface area contributed by atoms with Crippen molar-refractivity contribution in [1.82, 2.24) is 25.5 Å². The van der Waals surface area contributed by atoms with Gasteiger partial charge in [-0.3, -0.25) is 4.79 Å². The molecule has 1 aromatic heterocycles. The Balaban J connectivity index is 1.55. The zero-order valence-electron chi connectivity index (χ0n) is 19.8. The molecule has 1 atom stereocenters. The van der Waals surface area contributed by atoms with E-state index in [1.807, 2.05) is 32.6 Å². The van der Waals surface area contributed by atoms with Crippen LogP contribution in [0.1, 0.15) is 33.3 Å². The van der Waals surface area contributed by atoms with Crippen LogP contribution in [0.15, 0.2) is 35.5 Å². The van der Waals surface area contributed by atoms with Gasteiger partial charge >= 0.3 is 6.03 Å². The minimum atomic E-state index is -0.316. The normalized spacial score (nSPS) is 16.4. The van der Waals surface area contributed by atoms with Crippen LogP contribution in [0.5, 0.6) is 0 Å². The van der Waals surface area contributed by atoms with Gasteiger partial charge in [-0.2, -0.15) is 0 Å². The van der Waals surface area contributed by atoms with Crippen LogP contribution >= 0.6 is 23.4 Å². The number of anilines is 1. The molecule has 0 unspecified atom stereocenters. The number of urea groups is 1. The Hall–Kier alpha value is -2.59. The third-order valence-electron chi connectivity index (χ3n) is 5.09. The van der Waals surface area contributed by atoms with Gasteiger partial charge in [-0.05, 0) is 45.4 Å². The Kier molecular flexibility index (Phi) is 8.59. The summed E-state index contributed by atoms with van der Waals surface area (Å²) < 4.78 is 13.0. The number of hydrogen-bond donors (Lipinski definition) is 2. The lowest BCUT2D eigenvalue weighted by Crippen LogP contribution is -2.59. The molecule has 1 aromatic carbocycles. The summed E-state index contributed by atoms with van der Waals surface area (Å²) in [5, 5.41) is 6.49. The van der Waals surface area contributed by atoms with E-state index in [1.54, 1.807) is 18.2 Å². The predicted molar refractivity (Wildman–Crippen MR) is 133 cm³/mol. The summed E-state index contributed by atoms with van der Waals surface area (Å²) in [6.07, 6.45) is 0. The molecule has 184 valence electrons. The minimum Gasteiger partial charge on any atom is -0.353 e. The number of carbonyl (C=O) groups excluding carboxylic acids is 2. The monoisotopic (exact) mass is 508 g/mol. The van der Waals surface area contributed by atoms with Gasteiger partial charge in [0.1, 0.15) is 16.8 Å². The summed E-state index contributed by atoms with van der Waals surface area (Å²) in [4.78, 5) is 37.5. The molecular weight excluding hydrogens is 479 g/mol. The first-order valence-corrected chi connectivity index (χ1v) is 12.4. The van der Waals surface area contributed by atoms with Crippen molar-refractivity contribution in [3.8, 4) is 0 Å². The highest BCUT2D eigenvalue weighted by Gasteiger charge is 2.30. The average Bonchev–Trinajstić information content (AvgIpc) is 2.75. The molecular formula is C23H30ClFN6O2S. The van der Waals surface area contributed by atoms with Crippen molar-refractivity contribution in [2.75, 3.05) is 30.3 Å². The summed E-state index contributed by atoms with van der Waals surface area (Å²) in [5.41, 5.74) is 0.511. The average molecular weight is 509 g/mol. The van der Waals surface area contributed by atoms with Crippen LogP contribution in [0.25, 0.3) is 0 Å². The molecule has 34 heavy (non-hydrogen) atoms. The number of piperazine rings is 1. The SMILES string of the molecule is C[C@@H]1CN(c2cc(Cl)nc(SCC(=O)NCc3ccc(F)cc3)n2)CCN1C(=O)NC(C)(C)C. The number of aromatic nitrogens is 2. The topological polar surface area (TPSA) is 90.5 Å². The molecule has 3 rings (SSSR count). The Labute approximate surface area is 208 Å². The van der Waals surface area contributed by atoms with Crippen LogP contribution in [0.2, 0.25) is 5.15 Å². The van der Waals surface area contributed by atoms with Crippen molar-refractivity contribution < 1.29 is 14.0 Å². The molecule has 1 fully saturated rings. The van der Waals surface area contributed by atoms with Gasteiger partial charge < -0.3 is 20.4 Å². The quantitative estimate of drug-likeness (QED) is 0.351. The van der Waals surface area contributed by atoms with E-state index in [2.05, 4.69) is 25.5 Å². The summed E-state index contributed by atoms with van der Waals surface area (Å²) in [6, 6.07) is 7.56. The predicted octanol–water partition coefficient (Wildman–Crippen LogP) is 3.70. The maximum Gasteiger partial charge on any atom is 0.318 e. The molecule has 2 N–H and O–H groups in total. The van der Waals surface area contributed by atoms with Crippen LogP contribution in [-0.4, -0.2) is 63.8 Å². The number of nitrogens with one attached hydrogen (secondary N) is 2. The van der Waals surface area contributed by atoms with Crippen LogP contribution in [-0.2, 0) is 11.3 Å². The first-order valence-electron chi connectivity index (χ1n) is 11.0. The van der Waals surface area contributed by atoms with E-state index in [0.29, 0.717) is 42.3 Å². The highest BCUT2D eigenvalue weighted by Crippen LogP contribution is 2.24. The number of amides is 3. The van der Waals surface area contributed by atoms with Gasteiger partial charge in [0, 0.05) is 43.8 Å². The van der Waals surface area contributed by atoms with Crippen LogP contribution < -0.4 is 15.5 Å². The highest BCUT2D eigenvalue weighted by molar-refractivity contribution is 7.99. The van der Waals surface area contributed by atoms with E-state index < -0.39 is 0 Å². The Morgan fingerprint density at radius 3 is 2.56 bits per heavy atom. The molecule has 2 aromatic rings. The standard InChI is InChI=1S/C23H30ClFN6O2S/c1-15-13-30(9-10-31(15)22(33)29-23(2,3)4)19-11-18(24)27-21(28-19)34-14-20(32)26-12-16-5-7-17(25)8-6-16/h5-8,11,15H,9-10,12-14H2,1-4H3,(H,26,32)(H,29,33)/t15-/m1/s1. The number of hydrogen-bond acceptors (Lipinski definition) is 6. The fourth-order valence-electron chi connectivity index (χ4n) is 3.46. The highest BCUT2D eigenvalue weighted by atomic mass is 35.5. The van der Waals surface area contributed by atoms with Crippen LogP contribution in [0, 0.1) is 5.82 Å². The van der Waals surface area contributed by atoms with Crippen LogP contribution in [0.3, 0.4) is 0 Å². The molecule has 0 spiro atoms. The molecule has 11 heteroatoms. The molecule has 0 saturated carbocycles. The van der Waals surface area contributed by atoms with Gasteiger partial charge in [0.15, 0.2) is 5.16 Å². The maximum atomic E-state index is 13.0. The fraction of sp³-hybridized carbons (Fsp3) is 0.478. The molecule has 1 saturated heterocycles. The van der Waals surface area contributed by atoms with Gasteiger partial charge in [-0.1, -0.05) is 35.5 Å². The molecule has 0 aliphatic carbocycles. The molecule has 1 aliphatic rings. The minimum absolute atomic E-state index is 0.0156. The fourth-order valence-corrected chi connectivity index (χ4v) is 4.37. The molecule has 0 bridgehead atoms. The molecule has 1 aliphatic heterocycles. The van der Waals surface area contributed by atoms with Crippen molar-refractivity contribution in [2.24, 2.45) is 0 Å². The summed E-state index contributed by atoms with van der Waals surface area (Å²) in [6.45, 7) is 9.94. The van der Waals surface area contributed by atoms with E-state index in [9.17, 15) is 14.0 Å². The zero-order valence-corrected chi connectivity index (χ0v) is 21.3. The van der Waals surface area contributed by atoms with E-state index in [1.165, 1.54) is 23.9 Å². The van der Waals surface area contributed by atoms with Gasteiger partial charge in [0.05, 0.1) is 5.75 Å². The number of nitrogens with zero attached hydrogens (tertiary/aromatic N) is 4. The zero-order chi connectivity index (χ0) is 24.9. The Bertz CT molecular complexity index is 1020. The first-order chi connectivity index (χ1) is 16.0. The van der Waals surface area contributed by atoms with Crippen molar-refractivity contribution in [3.63, 3.8) is 0 Å². The maximum absolute atomic E-state index is 13.0. The van der Waals surface area contributed by atoms with Crippen molar-refractivity contribution in [2.45, 2.75) is 51.0 Å². The molecule has 2 heterocycles. The lowest BCUT2D eigenvalue weighted by atomic mass is 10.1. The number of halogens is 2. The van der Waals surface area contributed by atoms with Gasteiger partial charge in [-0.15, -0.1) is 0 Å². The molecule has 8 nitrogen and oxygen atoms in total. The van der Waals surface area contributed by atoms with Gasteiger partial charge in [0.25, 0.3) is 0 Å². The Morgan fingerprint density at radius 1 is 1.21 bits per heavy atom.